The molecule has 4 nitrogen and oxygen atoms in total. The third-order valence-electron chi connectivity index (χ3n) is 2.95. The summed E-state index contributed by atoms with van der Waals surface area (Å²) in [5.74, 6) is 0. The molecule has 0 unspecified atom stereocenters. The first-order chi connectivity index (χ1) is 9.24. The first kappa shape index (κ1) is 11.5. The van der Waals surface area contributed by atoms with Crippen LogP contribution in [0.15, 0.2) is 54.9 Å². The minimum absolute atomic E-state index is 0.624. The van der Waals surface area contributed by atoms with Gasteiger partial charge in [-0.05, 0) is 31.2 Å². The van der Waals surface area contributed by atoms with Crippen LogP contribution < -0.4 is 5.73 Å². The van der Waals surface area contributed by atoms with Crippen LogP contribution in [0.5, 0.6) is 0 Å². The number of aromatic nitrogens is 3. The van der Waals surface area contributed by atoms with E-state index < -0.39 is 0 Å². The van der Waals surface area contributed by atoms with Crippen LogP contribution in [0.25, 0.3) is 17.1 Å². The highest BCUT2D eigenvalue weighted by molar-refractivity contribution is 5.69. The molecule has 2 heterocycles. The van der Waals surface area contributed by atoms with Gasteiger partial charge in [-0.15, -0.1) is 0 Å². The lowest BCUT2D eigenvalue weighted by atomic mass is 10.2. The van der Waals surface area contributed by atoms with Gasteiger partial charge in [0.15, 0.2) is 0 Å². The molecule has 0 aliphatic rings. The molecule has 1 aromatic carbocycles. The molecular formula is C15H14N4. The second-order valence-corrected chi connectivity index (χ2v) is 4.43. The number of pyridine rings is 1. The number of hydrogen-bond acceptors (Lipinski definition) is 3. The van der Waals surface area contributed by atoms with Gasteiger partial charge in [-0.2, -0.15) is 5.10 Å². The SMILES string of the molecule is Cc1ccc(-n2cc(N)c(-c3ccccn3)n2)cc1. The molecule has 94 valence electrons. The Balaban J connectivity index is 2.04. The van der Waals surface area contributed by atoms with Crippen molar-refractivity contribution >= 4 is 5.69 Å². The summed E-state index contributed by atoms with van der Waals surface area (Å²) in [5, 5.41) is 4.51. The molecule has 0 saturated heterocycles. The molecule has 0 radical (unpaired) electrons. The van der Waals surface area contributed by atoms with Crippen molar-refractivity contribution in [1.29, 1.82) is 0 Å². The first-order valence-electron chi connectivity index (χ1n) is 6.07. The van der Waals surface area contributed by atoms with E-state index in [1.807, 2.05) is 48.7 Å². The third-order valence-corrected chi connectivity index (χ3v) is 2.95. The number of anilines is 1. The molecule has 19 heavy (non-hydrogen) atoms. The maximum Gasteiger partial charge on any atom is 0.134 e. The van der Waals surface area contributed by atoms with E-state index in [4.69, 9.17) is 5.73 Å². The van der Waals surface area contributed by atoms with E-state index in [0.29, 0.717) is 11.4 Å². The summed E-state index contributed by atoms with van der Waals surface area (Å²) in [6.45, 7) is 2.06. The number of nitrogen functional groups attached to an aromatic ring is 1. The van der Waals surface area contributed by atoms with Crippen molar-refractivity contribution in [3.05, 3.63) is 60.4 Å². The van der Waals surface area contributed by atoms with E-state index in [2.05, 4.69) is 17.0 Å². The molecule has 0 aliphatic carbocycles. The molecule has 0 atom stereocenters. The fraction of sp³-hybridized carbons (Fsp3) is 0.0667. The maximum absolute atomic E-state index is 6.02. The van der Waals surface area contributed by atoms with Crippen LogP contribution in [0.4, 0.5) is 5.69 Å². The van der Waals surface area contributed by atoms with Gasteiger partial charge in [0, 0.05) is 6.20 Å². The Kier molecular flexibility index (Phi) is 2.76. The highest BCUT2D eigenvalue weighted by Gasteiger charge is 2.10. The minimum Gasteiger partial charge on any atom is -0.396 e. The van der Waals surface area contributed by atoms with Crippen molar-refractivity contribution in [2.45, 2.75) is 6.92 Å². The molecule has 3 aromatic rings. The van der Waals surface area contributed by atoms with Gasteiger partial charge in [-0.1, -0.05) is 23.8 Å². The molecular weight excluding hydrogens is 236 g/mol. The summed E-state index contributed by atoms with van der Waals surface area (Å²) < 4.78 is 1.78. The molecule has 0 saturated carbocycles. The normalized spacial score (nSPS) is 10.6. The molecule has 3 rings (SSSR count). The lowest BCUT2D eigenvalue weighted by Gasteiger charge is -2.01. The van der Waals surface area contributed by atoms with Gasteiger partial charge in [0.2, 0.25) is 0 Å². The van der Waals surface area contributed by atoms with Gasteiger partial charge in [-0.25, -0.2) is 4.68 Å². The van der Waals surface area contributed by atoms with Gasteiger partial charge in [0.1, 0.15) is 5.69 Å². The predicted octanol–water partition coefficient (Wildman–Crippen LogP) is 2.82. The monoisotopic (exact) mass is 250 g/mol. The number of nitrogens with two attached hydrogens (primary N) is 1. The Morgan fingerprint density at radius 2 is 1.84 bits per heavy atom. The summed E-state index contributed by atoms with van der Waals surface area (Å²) in [6.07, 6.45) is 3.55. The molecule has 0 spiro atoms. The summed E-state index contributed by atoms with van der Waals surface area (Å²) in [7, 11) is 0. The van der Waals surface area contributed by atoms with Crippen LogP contribution in [0.1, 0.15) is 5.56 Å². The van der Waals surface area contributed by atoms with E-state index in [0.717, 1.165) is 11.4 Å². The van der Waals surface area contributed by atoms with Crippen LogP contribution >= 0.6 is 0 Å². The highest BCUT2D eigenvalue weighted by atomic mass is 15.3. The van der Waals surface area contributed by atoms with Crippen molar-refractivity contribution in [2.24, 2.45) is 0 Å². The van der Waals surface area contributed by atoms with Crippen LogP contribution in [0.2, 0.25) is 0 Å². The summed E-state index contributed by atoms with van der Waals surface area (Å²) >= 11 is 0. The van der Waals surface area contributed by atoms with Gasteiger partial charge in [0.05, 0.1) is 23.3 Å². The Morgan fingerprint density at radius 1 is 1.05 bits per heavy atom. The quantitative estimate of drug-likeness (QED) is 0.760. The molecule has 2 N–H and O–H groups in total. The second-order valence-electron chi connectivity index (χ2n) is 4.43. The van der Waals surface area contributed by atoms with Gasteiger partial charge in [0.25, 0.3) is 0 Å². The fourth-order valence-electron chi connectivity index (χ4n) is 1.92. The van der Waals surface area contributed by atoms with E-state index in [-0.39, 0.29) is 0 Å². The second kappa shape index (κ2) is 4.57. The van der Waals surface area contributed by atoms with E-state index in [9.17, 15) is 0 Å². The first-order valence-corrected chi connectivity index (χ1v) is 6.07. The van der Waals surface area contributed by atoms with E-state index >= 15 is 0 Å². The largest absolute Gasteiger partial charge is 0.396 e. The molecule has 2 aromatic heterocycles. The van der Waals surface area contributed by atoms with Crippen LogP contribution in [-0.4, -0.2) is 14.8 Å². The Labute approximate surface area is 111 Å². The van der Waals surface area contributed by atoms with Crippen molar-refractivity contribution < 1.29 is 0 Å². The number of benzene rings is 1. The Morgan fingerprint density at radius 3 is 2.53 bits per heavy atom. The van der Waals surface area contributed by atoms with Gasteiger partial charge >= 0.3 is 0 Å². The Hall–Kier alpha value is -2.62. The third kappa shape index (κ3) is 2.20. The maximum atomic E-state index is 6.02. The number of aryl methyl sites for hydroxylation is 1. The molecule has 0 bridgehead atoms. The van der Waals surface area contributed by atoms with E-state index in [1.165, 1.54) is 5.56 Å². The zero-order valence-corrected chi connectivity index (χ0v) is 10.6. The predicted molar refractivity (Wildman–Crippen MR) is 75.9 cm³/mol. The van der Waals surface area contributed by atoms with Crippen molar-refractivity contribution in [1.82, 2.24) is 14.8 Å². The molecule has 4 heteroatoms. The lowest BCUT2D eigenvalue weighted by Crippen LogP contribution is -1.95. The zero-order valence-electron chi connectivity index (χ0n) is 10.6. The van der Waals surface area contributed by atoms with Crippen molar-refractivity contribution in [3.8, 4) is 17.1 Å². The standard InChI is InChI=1S/C15H14N4/c1-11-5-7-12(8-6-11)19-10-13(16)15(18-19)14-4-2-3-9-17-14/h2-10H,16H2,1H3. The van der Waals surface area contributed by atoms with E-state index in [1.54, 1.807) is 10.9 Å². The number of nitrogens with zero attached hydrogens (tertiary/aromatic N) is 3. The Bertz CT molecular complexity index is 684. The summed E-state index contributed by atoms with van der Waals surface area (Å²) in [6, 6.07) is 13.8. The summed E-state index contributed by atoms with van der Waals surface area (Å²) in [5.41, 5.74) is 10.3. The average Bonchev–Trinajstić information content (AvgIpc) is 2.83. The lowest BCUT2D eigenvalue weighted by molar-refractivity contribution is 0.882. The van der Waals surface area contributed by atoms with Crippen molar-refractivity contribution in [2.75, 3.05) is 5.73 Å². The smallest absolute Gasteiger partial charge is 0.134 e. The van der Waals surface area contributed by atoms with Crippen LogP contribution in [-0.2, 0) is 0 Å². The van der Waals surface area contributed by atoms with Gasteiger partial charge < -0.3 is 5.73 Å². The topological polar surface area (TPSA) is 56.7 Å². The van der Waals surface area contributed by atoms with Crippen LogP contribution in [0.3, 0.4) is 0 Å². The number of rotatable bonds is 2. The highest BCUT2D eigenvalue weighted by Crippen LogP contribution is 2.23. The fourth-order valence-corrected chi connectivity index (χ4v) is 1.92. The van der Waals surface area contributed by atoms with Gasteiger partial charge in [-0.3, -0.25) is 4.98 Å². The number of hydrogen-bond donors (Lipinski definition) is 1. The van der Waals surface area contributed by atoms with Crippen LogP contribution in [0, 0.1) is 6.92 Å². The van der Waals surface area contributed by atoms with Crippen molar-refractivity contribution in [3.63, 3.8) is 0 Å². The molecule has 0 fully saturated rings. The molecule has 0 aliphatic heterocycles. The minimum atomic E-state index is 0.624. The molecule has 0 amide bonds. The zero-order chi connectivity index (χ0) is 13.2. The summed E-state index contributed by atoms with van der Waals surface area (Å²) in [4.78, 5) is 4.28. The average molecular weight is 250 g/mol.